The van der Waals surface area contributed by atoms with E-state index in [4.69, 9.17) is 11.6 Å². The van der Waals surface area contributed by atoms with E-state index in [2.05, 4.69) is 29.6 Å². The summed E-state index contributed by atoms with van der Waals surface area (Å²) < 4.78 is 26.0. The number of rotatable bonds is 4. The lowest BCUT2D eigenvalue weighted by molar-refractivity contribution is -0.120. The Hall–Kier alpha value is -2.27. The number of alkyl halides is 1. The van der Waals surface area contributed by atoms with Crippen LogP contribution in [0.5, 0.6) is 0 Å². The van der Waals surface area contributed by atoms with Crippen LogP contribution in [0, 0.1) is 11.6 Å². The first-order chi connectivity index (χ1) is 13.0. The van der Waals surface area contributed by atoms with E-state index < -0.39 is 23.1 Å². The van der Waals surface area contributed by atoms with Crippen LogP contribution in [0.3, 0.4) is 0 Å². The lowest BCUT2D eigenvalue weighted by Crippen LogP contribution is -2.27. The second-order valence-corrected chi connectivity index (χ2v) is 6.64. The first-order valence-electron chi connectivity index (χ1n) is 8.87. The predicted octanol–water partition coefficient (Wildman–Crippen LogP) is 4.85. The van der Waals surface area contributed by atoms with Crippen LogP contribution >= 0.6 is 11.6 Å². The highest BCUT2D eigenvalue weighted by atomic mass is 35.5. The molecule has 1 aliphatic rings. The van der Waals surface area contributed by atoms with E-state index in [0.717, 1.165) is 37.8 Å². The highest BCUT2D eigenvalue weighted by molar-refractivity contribution is 6.18. The SMILES string of the molecule is O=C(NCCCl)c1c(F)cccc1F.O=C1CCC(c2ccccc2)CC1. The van der Waals surface area contributed by atoms with Crippen LogP contribution in [0.4, 0.5) is 8.78 Å². The fourth-order valence-electron chi connectivity index (χ4n) is 2.96. The summed E-state index contributed by atoms with van der Waals surface area (Å²) in [6, 6.07) is 13.8. The Kier molecular flexibility index (Phi) is 8.40. The molecule has 0 bridgehead atoms. The largest absolute Gasteiger partial charge is 0.351 e. The van der Waals surface area contributed by atoms with Crippen LogP contribution < -0.4 is 5.32 Å². The maximum atomic E-state index is 13.0. The zero-order valence-corrected chi connectivity index (χ0v) is 15.6. The minimum absolute atomic E-state index is 0.175. The number of nitrogens with one attached hydrogen (secondary N) is 1. The van der Waals surface area contributed by atoms with Crippen LogP contribution in [0.1, 0.15) is 47.5 Å². The summed E-state index contributed by atoms with van der Waals surface area (Å²) in [5.74, 6) is -1.29. The molecule has 1 saturated carbocycles. The topological polar surface area (TPSA) is 46.2 Å². The molecule has 1 fully saturated rings. The van der Waals surface area contributed by atoms with Gasteiger partial charge in [-0.1, -0.05) is 36.4 Å². The first kappa shape index (κ1) is 21.0. The molecule has 1 aliphatic carbocycles. The van der Waals surface area contributed by atoms with Crippen molar-refractivity contribution in [3.8, 4) is 0 Å². The number of benzene rings is 2. The van der Waals surface area contributed by atoms with E-state index in [1.165, 1.54) is 11.6 Å². The van der Waals surface area contributed by atoms with E-state index >= 15 is 0 Å². The molecule has 0 spiro atoms. The number of halogens is 3. The molecule has 27 heavy (non-hydrogen) atoms. The van der Waals surface area contributed by atoms with Gasteiger partial charge in [-0.25, -0.2) is 8.78 Å². The summed E-state index contributed by atoms with van der Waals surface area (Å²) in [5.41, 5.74) is 0.826. The molecule has 0 radical (unpaired) electrons. The number of hydrogen-bond acceptors (Lipinski definition) is 2. The molecule has 2 aromatic rings. The minimum Gasteiger partial charge on any atom is -0.351 e. The average molecular weight is 394 g/mol. The molecule has 1 amide bonds. The molecule has 0 atom stereocenters. The van der Waals surface area contributed by atoms with Gasteiger partial charge in [0.05, 0.1) is 0 Å². The molecular formula is C21H22ClF2NO2. The van der Waals surface area contributed by atoms with Gasteiger partial charge in [-0.2, -0.15) is 0 Å². The third-order valence-corrected chi connectivity index (χ3v) is 4.57. The third-order valence-electron chi connectivity index (χ3n) is 4.38. The monoisotopic (exact) mass is 393 g/mol. The Morgan fingerprint density at radius 3 is 2.15 bits per heavy atom. The van der Waals surface area contributed by atoms with Gasteiger partial charge in [-0.15, -0.1) is 11.6 Å². The number of Topliss-reactive ketones (excluding diaryl/α,β-unsaturated/α-hetero) is 1. The summed E-state index contributed by atoms with van der Waals surface area (Å²) in [5, 5.41) is 2.28. The maximum absolute atomic E-state index is 13.0. The minimum atomic E-state index is -0.878. The van der Waals surface area contributed by atoms with Crippen LogP contribution in [0.25, 0.3) is 0 Å². The second-order valence-electron chi connectivity index (χ2n) is 6.27. The summed E-state index contributed by atoms with van der Waals surface area (Å²) in [6.07, 6.45) is 3.64. The molecule has 6 heteroatoms. The van der Waals surface area contributed by atoms with Crippen LogP contribution in [-0.2, 0) is 4.79 Å². The molecule has 1 N–H and O–H groups in total. The smallest absolute Gasteiger partial charge is 0.257 e. The predicted molar refractivity (Wildman–Crippen MR) is 102 cm³/mol. The molecule has 0 unspecified atom stereocenters. The number of hydrogen-bond donors (Lipinski definition) is 1. The van der Waals surface area contributed by atoms with E-state index in [9.17, 15) is 18.4 Å². The zero-order chi connectivity index (χ0) is 19.6. The van der Waals surface area contributed by atoms with Crippen LogP contribution in [0.2, 0.25) is 0 Å². The maximum Gasteiger partial charge on any atom is 0.257 e. The van der Waals surface area contributed by atoms with Gasteiger partial charge in [0.1, 0.15) is 23.0 Å². The van der Waals surface area contributed by atoms with E-state index in [1.807, 2.05) is 6.07 Å². The summed E-state index contributed by atoms with van der Waals surface area (Å²) in [4.78, 5) is 22.2. The van der Waals surface area contributed by atoms with Crippen molar-refractivity contribution in [3.05, 3.63) is 71.3 Å². The van der Waals surface area contributed by atoms with Gasteiger partial charge in [-0.05, 0) is 36.5 Å². The Balaban J connectivity index is 0.000000194. The normalized spacial score (nSPS) is 14.3. The lowest BCUT2D eigenvalue weighted by Gasteiger charge is -2.20. The van der Waals surface area contributed by atoms with Gasteiger partial charge in [0, 0.05) is 25.3 Å². The first-order valence-corrected chi connectivity index (χ1v) is 9.41. The highest BCUT2D eigenvalue weighted by Crippen LogP contribution is 2.30. The van der Waals surface area contributed by atoms with Crippen molar-refractivity contribution in [3.63, 3.8) is 0 Å². The molecule has 0 heterocycles. The number of carbonyl (C=O) groups is 2. The van der Waals surface area contributed by atoms with Crippen molar-refractivity contribution >= 4 is 23.3 Å². The standard InChI is InChI=1S/C12H14O.C9H8ClF2NO/c13-12-8-6-11(7-9-12)10-4-2-1-3-5-10;10-4-5-13-9(14)8-6(11)2-1-3-7(8)12/h1-5,11H,6-9H2;1-3H,4-5H2,(H,13,14). The third kappa shape index (κ3) is 6.43. The number of amides is 1. The van der Waals surface area contributed by atoms with Gasteiger partial charge in [0.2, 0.25) is 0 Å². The molecule has 0 saturated heterocycles. The summed E-state index contributed by atoms with van der Waals surface area (Å²) in [7, 11) is 0. The van der Waals surface area contributed by atoms with Gasteiger partial charge >= 0.3 is 0 Å². The Labute approximate surface area is 162 Å². The number of ketones is 1. The zero-order valence-electron chi connectivity index (χ0n) is 14.9. The summed E-state index contributed by atoms with van der Waals surface area (Å²) >= 11 is 5.31. The Morgan fingerprint density at radius 2 is 1.59 bits per heavy atom. The van der Waals surface area contributed by atoms with Crippen LogP contribution in [0.15, 0.2) is 48.5 Å². The fraction of sp³-hybridized carbons (Fsp3) is 0.333. The summed E-state index contributed by atoms with van der Waals surface area (Å²) in [6.45, 7) is 0.175. The van der Waals surface area contributed by atoms with Gasteiger partial charge in [0.15, 0.2) is 0 Å². The van der Waals surface area contributed by atoms with Crippen molar-refractivity contribution in [2.75, 3.05) is 12.4 Å². The van der Waals surface area contributed by atoms with Crippen molar-refractivity contribution in [1.29, 1.82) is 0 Å². The fourth-order valence-corrected chi connectivity index (χ4v) is 3.06. The highest BCUT2D eigenvalue weighted by Gasteiger charge is 2.19. The number of carbonyl (C=O) groups excluding carboxylic acids is 2. The van der Waals surface area contributed by atoms with Crippen molar-refractivity contribution in [2.45, 2.75) is 31.6 Å². The van der Waals surface area contributed by atoms with E-state index in [1.54, 1.807) is 0 Å². The molecule has 3 rings (SSSR count). The van der Waals surface area contributed by atoms with E-state index in [-0.39, 0.29) is 12.4 Å². The quantitative estimate of drug-likeness (QED) is 0.755. The van der Waals surface area contributed by atoms with Crippen molar-refractivity contribution in [2.24, 2.45) is 0 Å². The Morgan fingerprint density at radius 1 is 1.00 bits per heavy atom. The molecular weight excluding hydrogens is 372 g/mol. The van der Waals surface area contributed by atoms with Gasteiger partial charge < -0.3 is 5.32 Å². The second kappa shape index (κ2) is 10.8. The average Bonchev–Trinajstić information content (AvgIpc) is 2.68. The molecule has 3 nitrogen and oxygen atoms in total. The molecule has 2 aromatic carbocycles. The molecule has 0 aliphatic heterocycles. The van der Waals surface area contributed by atoms with Crippen molar-refractivity contribution in [1.82, 2.24) is 5.32 Å². The van der Waals surface area contributed by atoms with Gasteiger partial charge in [0.25, 0.3) is 5.91 Å². The molecule has 0 aromatic heterocycles. The molecule has 144 valence electrons. The van der Waals surface area contributed by atoms with Gasteiger partial charge in [-0.3, -0.25) is 9.59 Å². The lowest BCUT2D eigenvalue weighted by atomic mass is 9.84. The van der Waals surface area contributed by atoms with Crippen molar-refractivity contribution < 1.29 is 18.4 Å². The van der Waals surface area contributed by atoms with E-state index in [0.29, 0.717) is 11.7 Å². The van der Waals surface area contributed by atoms with Crippen LogP contribution in [-0.4, -0.2) is 24.1 Å². The Bertz CT molecular complexity index is 738.